The van der Waals surface area contributed by atoms with Crippen LogP contribution in [0.3, 0.4) is 0 Å². The lowest BCUT2D eigenvalue weighted by molar-refractivity contribution is -0.115. The van der Waals surface area contributed by atoms with Crippen molar-refractivity contribution in [2.75, 3.05) is 19.9 Å². The molecule has 2 aliphatic heterocycles. The molecule has 0 spiro atoms. The summed E-state index contributed by atoms with van der Waals surface area (Å²) >= 11 is 0.879. The third kappa shape index (κ3) is 4.27. The van der Waals surface area contributed by atoms with Crippen LogP contribution in [0.2, 0.25) is 0 Å². The van der Waals surface area contributed by atoms with Crippen molar-refractivity contribution in [3.8, 4) is 11.5 Å². The molecule has 148 valence electrons. The van der Waals surface area contributed by atoms with E-state index in [9.17, 15) is 14.4 Å². The second-order valence-electron chi connectivity index (χ2n) is 6.61. The molecule has 0 bridgehead atoms. The summed E-state index contributed by atoms with van der Waals surface area (Å²) in [7, 11) is 0. The van der Waals surface area contributed by atoms with Crippen LogP contribution in [0.4, 0.5) is 4.79 Å². The van der Waals surface area contributed by atoms with Gasteiger partial charge in [-0.25, -0.2) is 0 Å². The molecule has 0 atom stereocenters. The van der Waals surface area contributed by atoms with E-state index in [1.165, 1.54) is 0 Å². The fourth-order valence-electron chi connectivity index (χ4n) is 2.97. The van der Waals surface area contributed by atoms with E-state index >= 15 is 0 Å². The van der Waals surface area contributed by atoms with Crippen LogP contribution in [-0.4, -0.2) is 41.8 Å². The number of nitrogens with one attached hydrogen (secondary N) is 1. The van der Waals surface area contributed by atoms with Gasteiger partial charge in [0.2, 0.25) is 0 Å². The van der Waals surface area contributed by atoms with Gasteiger partial charge >= 0.3 is 0 Å². The number of ether oxygens (including phenoxy) is 2. The molecular weight excluding hydrogens is 392 g/mol. The number of amides is 3. The number of nitrogens with zero attached hydrogens (tertiary/aromatic N) is 1. The third-order valence-electron chi connectivity index (χ3n) is 4.48. The number of hydrogen-bond acceptors (Lipinski definition) is 6. The van der Waals surface area contributed by atoms with Crippen LogP contribution in [0.5, 0.6) is 11.5 Å². The smallest absolute Gasteiger partial charge is 0.290 e. The molecule has 29 heavy (non-hydrogen) atoms. The van der Waals surface area contributed by atoms with Crippen molar-refractivity contribution in [1.29, 1.82) is 0 Å². The van der Waals surface area contributed by atoms with Crippen molar-refractivity contribution in [2.45, 2.75) is 6.92 Å². The first-order valence-electron chi connectivity index (χ1n) is 9.00. The number of thioether (sulfide) groups is 1. The van der Waals surface area contributed by atoms with Crippen LogP contribution in [0.1, 0.15) is 21.5 Å². The van der Waals surface area contributed by atoms with E-state index in [0.29, 0.717) is 35.1 Å². The topological polar surface area (TPSA) is 84.9 Å². The summed E-state index contributed by atoms with van der Waals surface area (Å²) in [4.78, 5) is 37.3. The molecular formula is C21H18N2O5S. The maximum absolute atomic E-state index is 12.6. The fraction of sp³-hybridized carbons (Fsp3) is 0.190. The van der Waals surface area contributed by atoms with Crippen LogP contribution >= 0.6 is 11.8 Å². The number of benzene rings is 2. The van der Waals surface area contributed by atoms with Crippen molar-refractivity contribution < 1.29 is 23.9 Å². The molecule has 2 aromatic carbocycles. The lowest BCUT2D eigenvalue weighted by Crippen LogP contribution is -2.41. The minimum Gasteiger partial charge on any atom is -0.492 e. The molecule has 2 heterocycles. The average molecular weight is 410 g/mol. The molecule has 0 unspecified atom stereocenters. The van der Waals surface area contributed by atoms with Gasteiger partial charge in [-0.15, -0.1) is 0 Å². The highest BCUT2D eigenvalue weighted by atomic mass is 32.2. The molecule has 0 saturated carbocycles. The van der Waals surface area contributed by atoms with Gasteiger partial charge in [0, 0.05) is 0 Å². The summed E-state index contributed by atoms with van der Waals surface area (Å²) in [5, 5.41) is 1.85. The van der Waals surface area contributed by atoms with Crippen LogP contribution in [0.25, 0.3) is 6.08 Å². The summed E-state index contributed by atoms with van der Waals surface area (Å²) in [5.74, 6) is 0.810. The number of fused-ring (bicyclic) bond motifs is 1. The van der Waals surface area contributed by atoms with Gasteiger partial charge in [-0.3, -0.25) is 19.7 Å². The molecule has 1 saturated heterocycles. The predicted molar refractivity (Wildman–Crippen MR) is 109 cm³/mol. The Morgan fingerprint density at radius 2 is 1.97 bits per heavy atom. The Morgan fingerprint density at radius 3 is 2.69 bits per heavy atom. The zero-order valence-corrected chi connectivity index (χ0v) is 16.5. The van der Waals surface area contributed by atoms with E-state index < -0.39 is 0 Å². The SMILES string of the molecule is Cc1ccc2c(c1)OCN(CCOc1ccc(C=C3SC(=O)NC3=O)cc1)C2=O. The lowest BCUT2D eigenvalue weighted by Gasteiger charge is -2.28. The Morgan fingerprint density at radius 1 is 1.17 bits per heavy atom. The predicted octanol–water partition coefficient (Wildman–Crippen LogP) is 3.19. The summed E-state index contributed by atoms with van der Waals surface area (Å²) < 4.78 is 11.4. The first kappa shape index (κ1) is 19.1. The first-order valence-corrected chi connectivity index (χ1v) is 9.82. The second kappa shape index (κ2) is 8.00. The number of rotatable bonds is 5. The summed E-state index contributed by atoms with van der Waals surface area (Å²) in [6, 6.07) is 12.7. The van der Waals surface area contributed by atoms with E-state index in [1.807, 2.05) is 19.1 Å². The molecule has 4 rings (SSSR count). The summed E-state index contributed by atoms with van der Waals surface area (Å²) in [6.07, 6.45) is 1.65. The van der Waals surface area contributed by atoms with Crippen molar-refractivity contribution >= 4 is 34.9 Å². The maximum Gasteiger partial charge on any atom is 0.290 e. The molecule has 8 heteroatoms. The highest BCUT2D eigenvalue weighted by Crippen LogP contribution is 2.27. The number of carbonyl (C=O) groups is 3. The Balaban J connectivity index is 1.32. The molecule has 0 aromatic heterocycles. The van der Waals surface area contributed by atoms with Crippen LogP contribution in [0, 0.1) is 6.92 Å². The number of hydrogen-bond donors (Lipinski definition) is 1. The molecule has 0 aliphatic carbocycles. The Bertz CT molecular complexity index is 1020. The zero-order chi connectivity index (χ0) is 20.4. The normalized spacial score (nSPS) is 17.2. The molecule has 2 aromatic rings. The van der Waals surface area contributed by atoms with E-state index in [4.69, 9.17) is 9.47 Å². The Hall–Kier alpha value is -3.26. The van der Waals surface area contributed by atoms with Gasteiger partial charge in [-0.05, 0) is 60.2 Å². The minimum absolute atomic E-state index is 0.0706. The minimum atomic E-state index is -0.384. The zero-order valence-electron chi connectivity index (χ0n) is 15.6. The van der Waals surface area contributed by atoms with Gasteiger partial charge in [0.1, 0.15) is 18.1 Å². The van der Waals surface area contributed by atoms with E-state index in [1.54, 1.807) is 41.3 Å². The van der Waals surface area contributed by atoms with E-state index in [2.05, 4.69) is 5.32 Å². The van der Waals surface area contributed by atoms with Crippen LogP contribution < -0.4 is 14.8 Å². The van der Waals surface area contributed by atoms with Gasteiger partial charge < -0.3 is 14.4 Å². The highest BCUT2D eigenvalue weighted by molar-refractivity contribution is 8.18. The van der Waals surface area contributed by atoms with Gasteiger partial charge in [0.15, 0.2) is 6.73 Å². The van der Waals surface area contributed by atoms with Gasteiger partial charge in [0.05, 0.1) is 17.0 Å². The van der Waals surface area contributed by atoms with Crippen molar-refractivity contribution in [3.05, 3.63) is 64.1 Å². The van der Waals surface area contributed by atoms with Gasteiger partial charge in [0.25, 0.3) is 17.1 Å². The Labute approximate surface area is 171 Å². The quantitative estimate of drug-likeness (QED) is 0.762. The van der Waals surface area contributed by atoms with E-state index in [-0.39, 0.29) is 23.8 Å². The summed E-state index contributed by atoms with van der Waals surface area (Å²) in [6.45, 7) is 2.88. The van der Waals surface area contributed by atoms with Gasteiger partial charge in [-0.1, -0.05) is 18.2 Å². The molecule has 3 amide bonds. The summed E-state index contributed by atoms with van der Waals surface area (Å²) in [5.41, 5.74) is 2.40. The standard InChI is InChI=1S/C21H18N2O5S/c1-13-2-7-16-17(10-13)28-12-23(20(16)25)8-9-27-15-5-3-14(4-6-15)11-18-19(24)22-21(26)29-18/h2-7,10-11H,8-9,12H2,1H3,(H,22,24,26). The average Bonchev–Trinajstić information content (AvgIpc) is 3.01. The van der Waals surface area contributed by atoms with Crippen molar-refractivity contribution in [2.24, 2.45) is 0 Å². The largest absolute Gasteiger partial charge is 0.492 e. The van der Waals surface area contributed by atoms with Crippen LogP contribution in [-0.2, 0) is 4.79 Å². The monoisotopic (exact) mass is 410 g/mol. The molecule has 1 N–H and O–H groups in total. The Kier molecular flexibility index (Phi) is 5.26. The number of aryl methyl sites for hydroxylation is 1. The second-order valence-corrected chi connectivity index (χ2v) is 7.63. The highest BCUT2D eigenvalue weighted by Gasteiger charge is 2.26. The molecule has 7 nitrogen and oxygen atoms in total. The lowest BCUT2D eigenvalue weighted by atomic mass is 10.1. The third-order valence-corrected chi connectivity index (χ3v) is 5.29. The molecule has 0 radical (unpaired) electrons. The molecule has 2 aliphatic rings. The fourth-order valence-corrected chi connectivity index (χ4v) is 3.66. The van der Waals surface area contributed by atoms with Crippen molar-refractivity contribution in [3.63, 3.8) is 0 Å². The number of imide groups is 1. The maximum atomic E-state index is 12.6. The van der Waals surface area contributed by atoms with E-state index in [0.717, 1.165) is 22.9 Å². The van der Waals surface area contributed by atoms with Gasteiger partial charge in [-0.2, -0.15) is 0 Å². The van der Waals surface area contributed by atoms with Crippen LogP contribution in [0.15, 0.2) is 47.4 Å². The number of carbonyl (C=O) groups excluding carboxylic acids is 3. The molecule has 1 fully saturated rings. The first-order chi connectivity index (χ1) is 14.0. The van der Waals surface area contributed by atoms with Crippen molar-refractivity contribution in [1.82, 2.24) is 10.2 Å².